The van der Waals surface area contributed by atoms with Gasteiger partial charge in [0.25, 0.3) is 0 Å². The van der Waals surface area contributed by atoms with Crippen molar-refractivity contribution < 1.29 is 4.79 Å². The van der Waals surface area contributed by atoms with Crippen molar-refractivity contribution in [2.45, 2.75) is 39.2 Å². The van der Waals surface area contributed by atoms with Crippen LogP contribution in [0.15, 0.2) is 18.2 Å². The third kappa shape index (κ3) is 3.09. The van der Waals surface area contributed by atoms with E-state index in [2.05, 4.69) is 42.3 Å². The van der Waals surface area contributed by atoms with Gasteiger partial charge in [0, 0.05) is 19.6 Å². The molecule has 4 heteroatoms. The summed E-state index contributed by atoms with van der Waals surface area (Å²) in [5.74, 6) is 0.565. The lowest BCUT2D eigenvalue weighted by Gasteiger charge is -2.41. The Kier molecular flexibility index (Phi) is 5.28. The van der Waals surface area contributed by atoms with E-state index in [0.717, 1.165) is 32.5 Å². The standard InChI is InChI=1S/C17H24N2O.ClH/c1-12-6-5-7-15(13(12)2)16-8-3-4-9-19(16)17(20)14-10-18-11-14;/h5-7,14,16,18H,3-4,8-11H2,1-2H3;1H. The minimum Gasteiger partial charge on any atom is -0.335 e. The van der Waals surface area contributed by atoms with E-state index in [4.69, 9.17) is 0 Å². The summed E-state index contributed by atoms with van der Waals surface area (Å²) in [7, 11) is 0. The van der Waals surface area contributed by atoms with Crippen LogP contribution < -0.4 is 5.32 Å². The van der Waals surface area contributed by atoms with Crippen LogP contribution in [-0.2, 0) is 4.79 Å². The largest absolute Gasteiger partial charge is 0.335 e. The number of likely N-dealkylation sites (tertiary alicyclic amines) is 1. The van der Waals surface area contributed by atoms with Gasteiger partial charge in [0.2, 0.25) is 5.91 Å². The first-order chi connectivity index (χ1) is 9.68. The average Bonchev–Trinajstić information content (AvgIpc) is 2.40. The summed E-state index contributed by atoms with van der Waals surface area (Å²) < 4.78 is 0. The number of hydrogen-bond donors (Lipinski definition) is 1. The fourth-order valence-electron chi connectivity index (χ4n) is 3.35. The van der Waals surface area contributed by atoms with E-state index in [9.17, 15) is 4.79 Å². The summed E-state index contributed by atoms with van der Waals surface area (Å²) in [5, 5.41) is 3.21. The Morgan fingerprint density at radius 1 is 1.24 bits per heavy atom. The van der Waals surface area contributed by atoms with Crippen LogP contribution in [0, 0.1) is 19.8 Å². The minimum absolute atomic E-state index is 0. The summed E-state index contributed by atoms with van der Waals surface area (Å²) in [6.07, 6.45) is 3.48. The fourth-order valence-corrected chi connectivity index (χ4v) is 3.35. The van der Waals surface area contributed by atoms with E-state index < -0.39 is 0 Å². The molecule has 0 aromatic heterocycles. The van der Waals surface area contributed by atoms with E-state index in [-0.39, 0.29) is 24.4 Å². The van der Waals surface area contributed by atoms with Gasteiger partial charge in [0.1, 0.15) is 0 Å². The number of nitrogens with zero attached hydrogens (tertiary/aromatic N) is 1. The molecular weight excluding hydrogens is 284 g/mol. The summed E-state index contributed by atoms with van der Waals surface area (Å²) in [6, 6.07) is 6.78. The number of benzene rings is 1. The molecule has 1 N–H and O–H groups in total. The number of piperidine rings is 1. The molecule has 0 aliphatic carbocycles. The number of rotatable bonds is 2. The number of amides is 1. The molecule has 3 rings (SSSR count). The maximum absolute atomic E-state index is 12.6. The third-order valence-electron chi connectivity index (χ3n) is 4.92. The van der Waals surface area contributed by atoms with Gasteiger partial charge in [-0.15, -0.1) is 12.4 Å². The van der Waals surface area contributed by atoms with Crippen molar-refractivity contribution >= 4 is 18.3 Å². The molecule has 0 bridgehead atoms. The lowest BCUT2D eigenvalue weighted by molar-refractivity contribution is -0.141. The number of carbonyl (C=O) groups excluding carboxylic acids is 1. The van der Waals surface area contributed by atoms with E-state index in [0.29, 0.717) is 5.91 Å². The SMILES string of the molecule is Cc1cccc(C2CCCCN2C(=O)C2CNC2)c1C.Cl. The Bertz CT molecular complexity index is 514. The second kappa shape index (κ2) is 6.80. The van der Waals surface area contributed by atoms with Crippen LogP contribution in [0.3, 0.4) is 0 Å². The molecule has 116 valence electrons. The van der Waals surface area contributed by atoms with Crippen molar-refractivity contribution in [2.24, 2.45) is 5.92 Å². The van der Waals surface area contributed by atoms with Crippen LogP contribution in [0.2, 0.25) is 0 Å². The first-order valence-corrected chi connectivity index (χ1v) is 7.76. The highest BCUT2D eigenvalue weighted by atomic mass is 35.5. The fraction of sp³-hybridized carbons (Fsp3) is 0.588. The van der Waals surface area contributed by atoms with Crippen LogP contribution in [-0.4, -0.2) is 30.4 Å². The quantitative estimate of drug-likeness (QED) is 0.911. The monoisotopic (exact) mass is 308 g/mol. The highest BCUT2D eigenvalue weighted by molar-refractivity contribution is 5.85. The van der Waals surface area contributed by atoms with Gasteiger partial charge in [-0.05, 0) is 49.8 Å². The van der Waals surface area contributed by atoms with Gasteiger partial charge in [-0.25, -0.2) is 0 Å². The molecule has 0 saturated carbocycles. The summed E-state index contributed by atoms with van der Waals surface area (Å²) in [4.78, 5) is 14.8. The zero-order valence-electron chi connectivity index (χ0n) is 12.9. The van der Waals surface area contributed by atoms with Gasteiger partial charge in [-0.1, -0.05) is 18.2 Å². The Hall–Kier alpha value is -1.06. The molecule has 21 heavy (non-hydrogen) atoms. The maximum Gasteiger partial charge on any atom is 0.228 e. The van der Waals surface area contributed by atoms with Gasteiger partial charge in [-0.3, -0.25) is 4.79 Å². The highest BCUT2D eigenvalue weighted by Gasteiger charge is 2.35. The van der Waals surface area contributed by atoms with Crippen LogP contribution in [0.5, 0.6) is 0 Å². The van der Waals surface area contributed by atoms with Crippen LogP contribution in [0.1, 0.15) is 42.0 Å². The van der Waals surface area contributed by atoms with Crippen LogP contribution >= 0.6 is 12.4 Å². The zero-order chi connectivity index (χ0) is 14.1. The molecule has 0 spiro atoms. The van der Waals surface area contributed by atoms with Crippen molar-refractivity contribution in [1.82, 2.24) is 10.2 Å². The van der Waals surface area contributed by atoms with Crippen molar-refractivity contribution in [3.63, 3.8) is 0 Å². The molecule has 2 aliphatic heterocycles. The molecule has 1 unspecified atom stereocenters. The number of halogens is 1. The Morgan fingerprint density at radius 3 is 2.67 bits per heavy atom. The number of carbonyl (C=O) groups is 1. The molecule has 0 radical (unpaired) electrons. The molecule has 1 amide bonds. The van der Waals surface area contributed by atoms with E-state index in [1.165, 1.54) is 23.1 Å². The van der Waals surface area contributed by atoms with Gasteiger partial charge in [0.15, 0.2) is 0 Å². The van der Waals surface area contributed by atoms with E-state index in [1.54, 1.807) is 0 Å². The van der Waals surface area contributed by atoms with Crippen molar-refractivity contribution in [2.75, 3.05) is 19.6 Å². The predicted molar refractivity (Wildman–Crippen MR) is 87.8 cm³/mol. The molecule has 1 atom stereocenters. The Balaban J connectivity index is 0.00000161. The summed E-state index contributed by atoms with van der Waals surface area (Å²) in [6.45, 7) is 6.98. The number of hydrogen-bond acceptors (Lipinski definition) is 2. The molecule has 1 aromatic carbocycles. The number of nitrogens with one attached hydrogen (secondary N) is 1. The molecule has 2 saturated heterocycles. The minimum atomic E-state index is 0. The maximum atomic E-state index is 12.6. The zero-order valence-corrected chi connectivity index (χ0v) is 13.7. The predicted octanol–water partition coefficient (Wildman–Crippen LogP) is 3.00. The number of aryl methyl sites for hydroxylation is 1. The van der Waals surface area contributed by atoms with Crippen LogP contribution in [0.25, 0.3) is 0 Å². The van der Waals surface area contributed by atoms with Gasteiger partial charge < -0.3 is 10.2 Å². The third-order valence-corrected chi connectivity index (χ3v) is 4.92. The van der Waals surface area contributed by atoms with Gasteiger partial charge in [-0.2, -0.15) is 0 Å². The lowest BCUT2D eigenvalue weighted by atomic mass is 9.89. The van der Waals surface area contributed by atoms with Crippen molar-refractivity contribution in [3.05, 3.63) is 34.9 Å². The van der Waals surface area contributed by atoms with E-state index >= 15 is 0 Å². The van der Waals surface area contributed by atoms with Crippen molar-refractivity contribution in [1.29, 1.82) is 0 Å². The van der Waals surface area contributed by atoms with Crippen LogP contribution in [0.4, 0.5) is 0 Å². The smallest absolute Gasteiger partial charge is 0.228 e. The molecule has 2 aliphatic rings. The molecule has 2 heterocycles. The van der Waals surface area contributed by atoms with E-state index in [1.807, 2.05) is 0 Å². The topological polar surface area (TPSA) is 32.3 Å². The average molecular weight is 309 g/mol. The Labute approximate surface area is 133 Å². The lowest BCUT2D eigenvalue weighted by Crippen LogP contribution is -2.53. The van der Waals surface area contributed by atoms with Crippen molar-refractivity contribution in [3.8, 4) is 0 Å². The first kappa shape index (κ1) is 16.3. The first-order valence-electron chi connectivity index (χ1n) is 7.76. The summed E-state index contributed by atoms with van der Waals surface area (Å²) in [5.41, 5.74) is 4.03. The molecule has 1 aromatic rings. The van der Waals surface area contributed by atoms with Gasteiger partial charge in [0.05, 0.1) is 12.0 Å². The Morgan fingerprint density at radius 2 is 2.00 bits per heavy atom. The molecule has 3 nitrogen and oxygen atoms in total. The molecular formula is C17H25ClN2O. The normalized spacial score (nSPS) is 22.4. The van der Waals surface area contributed by atoms with Gasteiger partial charge >= 0.3 is 0 Å². The second-order valence-corrected chi connectivity index (χ2v) is 6.19. The summed E-state index contributed by atoms with van der Waals surface area (Å²) >= 11 is 0. The second-order valence-electron chi connectivity index (χ2n) is 6.19. The highest BCUT2D eigenvalue weighted by Crippen LogP contribution is 2.34. The molecule has 2 fully saturated rings.